The number of hydrogen-bond donors (Lipinski definition) is 1. The molecule has 0 atom stereocenters. The SMILES string of the molecule is O=C(/C=C\c1cccc([N+](=O)[O-])c1)Nc1ccc(-c2nc3ccccc3s2)cc1. The van der Waals surface area contributed by atoms with Crippen molar-refractivity contribution in [2.75, 3.05) is 5.32 Å². The minimum Gasteiger partial charge on any atom is -0.323 e. The molecule has 0 unspecified atom stereocenters. The third-order valence-corrected chi connectivity index (χ3v) is 5.29. The molecular weight excluding hydrogens is 386 g/mol. The van der Waals surface area contributed by atoms with Crippen LogP contribution in [0.15, 0.2) is 78.9 Å². The molecule has 0 saturated carbocycles. The van der Waals surface area contributed by atoms with Crippen LogP contribution in [0.3, 0.4) is 0 Å². The lowest BCUT2D eigenvalue weighted by molar-refractivity contribution is -0.384. The molecular formula is C22H15N3O3S. The molecule has 1 amide bonds. The lowest BCUT2D eigenvalue weighted by Crippen LogP contribution is -2.07. The van der Waals surface area contributed by atoms with E-state index in [9.17, 15) is 14.9 Å². The highest BCUT2D eigenvalue weighted by molar-refractivity contribution is 7.21. The van der Waals surface area contributed by atoms with E-state index in [-0.39, 0.29) is 11.6 Å². The number of thiazole rings is 1. The van der Waals surface area contributed by atoms with E-state index in [4.69, 9.17) is 0 Å². The standard InChI is InChI=1S/C22H15N3O3S/c26-21(13-8-15-4-3-5-18(14-15)25(27)28)23-17-11-9-16(10-12-17)22-24-19-6-1-2-7-20(19)29-22/h1-14H,(H,23,26)/b13-8-. The lowest BCUT2D eigenvalue weighted by Gasteiger charge is -2.03. The second kappa shape index (κ2) is 8.04. The zero-order valence-electron chi connectivity index (χ0n) is 15.1. The van der Waals surface area contributed by atoms with Crippen molar-refractivity contribution in [1.29, 1.82) is 0 Å². The Morgan fingerprint density at radius 3 is 2.59 bits per heavy atom. The molecule has 4 aromatic rings. The number of nitrogens with zero attached hydrogens (tertiary/aromatic N) is 2. The van der Waals surface area contributed by atoms with Gasteiger partial charge in [-0.15, -0.1) is 11.3 Å². The molecule has 0 aliphatic heterocycles. The van der Waals surface area contributed by atoms with Crippen molar-refractivity contribution in [3.05, 3.63) is 94.6 Å². The molecule has 0 radical (unpaired) electrons. The summed E-state index contributed by atoms with van der Waals surface area (Å²) in [4.78, 5) is 27.1. The molecule has 0 bridgehead atoms. The number of aromatic nitrogens is 1. The lowest BCUT2D eigenvalue weighted by atomic mass is 10.2. The first-order valence-electron chi connectivity index (χ1n) is 8.78. The Morgan fingerprint density at radius 1 is 1.03 bits per heavy atom. The van der Waals surface area contributed by atoms with E-state index in [0.29, 0.717) is 11.3 Å². The van der Waals surface area contributed by atoms with Gasteiger partial charge in [0.15, 0.2) is 0 Å². The number of nitrogens with one attached hydrogen (secondary N) is 1. The second-order valence-corrected chi connectivity index (χ2v) is 7.27. The molecule has 4 rings (SSSR count). The van der Waals surface area contributed by atoms with E-state index >= 15 is 0 Å². The molecule has 1 N–H and O–H groups in total. The largest absolute Gasteiger partial charge is 0.323 e. The van der Waals surface area contributed by atoms with Crippen LogP contribution in [0, 0.1) is 10.1 Å². The van der Waals surface area contributed by atoms with Crippen molar-refractivity contribution in [2.24, 2.45) is 0 Å². The van der Waals surface area contributed by atoms with Gasteiger partial charge >= 0.3 is 0 Å². The Balaban J connectivity index is 1.43. The number of carbonyl (C=O) groups is 1. The van der Waals surface area contributed by atoms with Crippen molar-refractivity contribution in [3.63, 3.8) is 0 Å². The number of amides is 1. The average molecular weight is 401 g/mol. The maximum Gasteiger partial charge on any atom is 0.270 e. The van der Waals surface area contributed by atoms with Crippen molar-refractivity contribution in [2.45, 2.75) is 0 Å². The summed E-state index contributed by atoms with van der Waals surface area (Å²) in [6.45, 7) is 0. The first-order chi connectivity index (χ1) is 14.1. The van der Waals surface area contributed by atoms with E-state index in [0.717, 1.165) is 20.8 Å². The van der Waals surface area contributed by atoms with Crippen molar-refractivity contribution in [3.8, 4) is 10.6 Å². The number of benzene rings is 3. The monoisotopic (exact) mass is 401 g/mol. The van der Waals surface area contributed by atoms with Crippen molar-refractivity contribution < 1.29 is 9.72 Å². The van der Waals surface area contributed by atoms with Gasteiger partial charge in [0.1, 0.15) is 5.01 Å². The highest BCUT2D eigenvalue weighted by Gasteiger charge is 2.07. The third kappa shape index (κ3) is 4.36. The molecule has 0 fully saturated rings. The number of hydrogen-bond acceptors (Lipinski definition) is 5. The van der Waals surface area contributed by atoms with Crippen LogP contribution in [0.2, 0.25) is 0 Å². The zero-order chi connectivity index (χ0) is 20.2. The molecule has 0 saturated heterocycles. The van der Waals surface area contributed by atoms with Crippen LogP contribution in [-0.4, -0.2) is 15.8 Å². The minimum absolute atomic E-state index is 0.0157. The van der Waals surface area contributed by atoms with E-state index in [1.165, 1.54) is 24.3 Å². The van der Waals surface area contributed by atoms with Gasteiger partial charge < -0.3 is 5.32 Å². The maximum absolute atomic E-state index is 12.1. The fraction of sp³-hybridized carbons (Fsp3) is 0. The smallest absolute Gasteiger partial charge is 0.270 e. The van der Waals surface area contributed by atoms with E-state index in [1.807, 2.05) is 48.5 Å². The normalized spacial score (nSPS) is 11.0. The molecule has 0 aliphatic carbocycles. The predicted octanol–water partition coefficient (Wildman–Crippen LogP) is 5.52. The van der Waals surface area contributed by atoms with Crippen LogP contribution in [0.4, 0.5) is 11.4 Å². The number of nitro benzene ring substituents is 1. The molecule has 142 valence electrons. The van der Waals surface area contributed by atoms with Gasteiger partial charge in [-0.1, -0.05) is 24.3 Å². The summed E-state index contributed by atoms with van der Waals surface area (Å²) in [5.74, 6) is -0.316. The quantitative estimate of drug-likeness (QED) is 0.271. The first kappa shape index (κ1) is 18.5. The first-order valence-corrected chi connectivity index (χ1v) is 9.60. The highest BCUT2D eigenvalue weighted by Crippen LogP contribution is 2.30. The summed E-state index contributed by atoms with van der Waals surface area (Å²) in [5.41, 5.74) is 3.18. The Labute approximate surface area is 170 Å². The molecule has 0 aliphatic rings. The Morgan fingerprint density at radius 2 is 1.83 bits per heavy atom. The van der Waals surface area contributed by atoms with Gasteiger partial charge in [-0.3, -0.25) is 14.9 Å². The zero-order valence-corrected chi connectivity index (χ0v) is 15.9. The molecule has 1 aromatic heterocycles. The van der Waals surface area contributed by atoms with Gasteiger partial charge in [-0.25, -0.2) is 4.98 Å². The molecule has 7 heteroatoms. The predicted molar refractivity (Wildman–Crippen MR) is 116 cm³/mol. The van der Waals surface area contributed by atoms with Gasteiger partial charge in [0, 0.05) is 29.5 Å². The molecule has 1 heterocycles. The number of non-ortho nitro benzene ring substituents is 1. The van der Waals surface area contributed by atoms with E-state index in [1.54, 1.807) is 23.5 Å². The van der Waals surface area contributed by atoms with Crippen LogP contribution in [0.5, 0.6) is 0 Å². The summed E-state index contributed by atoms with van der Waals surface area (Å²) < 4.78 is 1.13. The molecule has 0 spiro atoms. The van der Waals surface area contributed by atoms with Crippen molar-refractivity contribution in [1.82, 2.24) is 4.98 Å². The number of rotatable bonds is 5. The van der Waals surface area contributed by atoms with Gasteiger partial charge in [-0.05, 0) is 48.0 Å². The van der Waals surface area contributed by atoms with Gasteiger partial charge in [-0.2, -0.15) is 0 Å². The van der Waals surface area contributed by atoms with Crippen LogP contribution >= 0.6 is 11.3 Å². The van der Waals surface area contributed by atoms with Gasteiger partial charge in [0.25, 0.3) is 5.69 Å². The average Bonchev–Trinajstić information content (AvgIpc) is 3.17. The number of para-hydroxylation sites is 1. The number of carbonyl (C=O) groups excluding carboxylic acids is 1. The van der Waals surface area contributed by atoms with Gasteiger partial charge in [0.2, 0.25) is 5.91 Å². The van der Waals surface area contributed by atoms with E-state index in [2.05, 4.69) is 10.3 Å². The molecule has 3 aromatic carbocycles. The second-order valence-electron chi connectivity index (χ2n) is 6.24. The maximum atomic E-state index is 12.1. The summed E-state index contributed by atoms with van der Waals surface area (Å²) >= 11 is 1.62. The number of anilines is 1. The summed E-state index contributed by atoms with van der Waals surface area (Å²) in [7, 11) is 0. The Bertz CT molecular complexity index is 1200. The number of fused-ring (bicyclic) bond motifs is 1. The minimum atomic E-state index is -0.468. The third-order valence-electron chi connectivity index (χ3n) is 4.20. The van der Waals surface area contributed by atoms with Crippen LogP contribution in [0.25, 0.3) is 26.9 Å². The van der Waals surface area contributed by atoms with Crippen LogP contribution in [0.1, 0.15) is 5.56 Å². The molecule has 6 nitrogen and oxygen atoms in total. The fourth-order valence-corrected chi connectivity index (χ4v) is 3.76. The summed E-state index contributed by atoms with van der Waals surface area (Å²) in [5, 5.41) is 14.5. The summed E-state index contributed by atoms with van der Waals surface area (Å²) in [6.07, 6.45) is 2.89. The Kier molecular flexibility index (Phi) is 5.13. The van der Waals surface area contributed by atoms with Crippen LogP contribution < -0.4 is 5.32 Å². The number of nitro groups is 1. The van der Waals surface area contributed by atoms with Crippen LogP contribution in [-0.2, 0) is 4.79 Å². The van der Waals surface area contributed by atoms with Crippen molar-refractivity contribution >= 4 is 44.9 Å². The topological polar surface area (TPSA) is 85.1 Å². The fourth-order valence-electron chi connectivity index (χ4n) is 2.79. The van der Waals surface area contributed by atoms with Gasteiger partial charge in [0.05, 0.1) is 15.1 Å². The highest BCUT2D eigenvalue weighted by atomic mass is 32.1. The summed E-state index contributed by atoms with van der Waals surface area (Å²) in [6, 6.07) is 21.5. The van der Waals surface area contributed by atoms with E-state index < -0.39 is 4.92 Å². The Hall–Kier alpha value is -3.84. The molecule has 29 heavy (non-hydrogen) atoms.